The zero-order valence-corrected chi connectivity index (χ0v) is 10.7. The van der Waals surface area contributed by atoms with Crippen molar-refractivity contribution in [3.05, 3.63) is 23.2 Å². The SMILES string of the molecule is CC1(C)OC[C@H](COc2ccc(Cl)cc2N)O1. The second kappa shape index (κ2) is 4.72. The van der Waals surface area contributed by atoms with Gasteiger partial charge in [-0.3, -0.25) is 0 Å². The Morgan fingerprint density at radius 1 is 1.53 bits per heavy atom. The van der Waals surface area contributed by atoms with Gasteiger partial charge in [-0.25, -0.2) is 0 Å². The van der Waals surface area contributed by atoms with Crippen LogP contribution in [0, 0.1) is 0 Å². The van der Waals surface area contributed by atoms with E-state index in [4.69, 9.17) is 31.5 Å². The molecule has 0 aliphatic carbocycles. The summed E-state index contributed by atoms with van der Waals surface area (Å²) in [6, 6.07) is 5.15. The first-order chi connectivity index (χ1) is 7.96. The van der Waals surface area contributed by atoms with Crippen molar-refractivity contribution in [2.75, 3.05) is 18.9 Å². The van der Waals surface area contributed by atoms with E-state index in [2.05, 4.69) is 0 Å². The highest BCUT2D eigenvalue weighted by Crippen LogP contribution is 2.27. The molecule has 5 heteroatoms. The molecule has 1 saturated heterocycles. The topological polar surface area (TPSA) is 53.7 Å². The van der Waals surface area contributed by atoms with Gasteiger partial charge in [0.25, 0.3) is 0 Å². The highest BCUT2D eigenvalue weighted by Gasteiger charge is 2.33. The number of nitrogens with two attached hydrogens (primary N) is 1. The number of hydrogen-bond donors (Lipinski definition) is 1. The molecule has 0 saturated carbocycles. The van der Waals surface area contributed by atoms with E-state index >= 15 is 0 Å². The first-order valence-electron chi connectivity index (χ1n) is 5.46. The standard InChI is InChI=1S/C12H16ClNO3/c1-12(2)16-7-9(17-12)6-15-11-4-3-8(13)5-10(11)14/h3-5,9H,6-7,14H2,1-2H3/t9-/m0/s1. The van der Waals surface area contributed by atoms with Gasteiger partial charge >= 0.3 is 0 Å². The van der Waals surface area contributed by atoms with Crippen LogP contribution in [0.2, 0.25) is 5.02 Å². The van der Waals surface area contributed by atoms with E-state index < -0.39 is 5.79 Å². The Hall–Kier alpha value is -0.970. The van der Waals surface area contributed by atoms with Gasteiger partial charge in [0.1, 0.15) is 18.5 Å². The molecule has 0 radical (unpaired) electrons. The minimum atomic E-state index is -0.528. The zero-order valence-electron chi connectivity index (χ0n) is 9.90. The molecule has 94 valence electrons. The predicted octanol–water partition coefficient (Wildman–Crippen LogP) is 2.45. The lowest BCUT2D eigenvalue weighted by Crippen LogP contribution is -2.25. The molecule has 1 aromatic rings. The first kappa shape index (κ1) is 12.5. The monoisotopic (exact) mass is 257 g/mol. The number of anilines is 1. The third kappa shape index (κ3) is 3.25. The van der Waals surface area contributed by atoms with Gasteiger partial charge in [-0.2, -0.15) is 0 Å². The van der Waals surface area contributed by atoms with E-state index in [-0.39, 0.29) is 6.10 Å². The van der Waals surface area contributed by atoms with Crippen molar-refractivity contribution in [3.8, 4) is 5.75 Å². The number of halogens is 1. The summed E-state index contributed by atoms with van der Waals surface area (Å²) >= 11 is 5.80. The van der Waals surface area contributed by atoms with Gasteiger partial charge in [-0.1, -0.05) is 11.6 Å². The Morgan fingerprint density at radius 2 is 2.29 bits per heavy atom. The lowest BCUT2D eigenvalue weighted by molar-refractivity contribution is -0.141. The molecule has 4 nitrogen and oxygen atoms in total. The van der Waals surface area contributed by atoms with Crippen molar-refractivity contribution < 1.29 is 14.2 Å². The van der Waals surface area contributed by atoms with Gasteiger partial charge in [0.05, 0.1) is 12.3 Å². The highest BCUT2D eigenvalue weighted by atomic mass is 35.5. The van der Waals surface area contributed by atoms with Crippen LogP contribution in [0.5, 0.6) is 5.75 Å². The minimum absolute atomic E-state index is 0.0694. The Balaban J connectivity index is 1.90. The molecular formula is C12H16ClNO3. The molecule has 0 spiro atoms. The number of nitrogen functional groups attached to an aromatic ring is 1. The van der Waals surface area contributed by atoms with Crippen molar-refractivity contribution in [2.45, 2.75) is 25.7 Å². The molecule has 0 amide bonds. The quantitative estimate of drug-likeness (QED) is 0.845. The fourth-order valence-corrected chi connectivity index (χ4v) is 1.86. The van der Waals surface area contributed by atoms with Crippen LogP contribution >= 0.6 is 11.6 Å². The number of ether oxygens (including phenoxy) is 3. The molecule has 1 fully saturated rings. The molecule has 1 heterocycles. The van der Waals surface area contributed by atoms with Crippen LogP contribution in [0.3, 0.4) is 0 Å². The van der Waals surface area contributed by atoms with Crippen molar-refractivity contribution in [1.29, 1.82) is 0 Å². The molecule has 0 bridgehead atoms. The summed E-state index contributed by atoms with van der Waals surface area (Å²) in [6.07, 6.45) is -0.0694. The number of benzene rings is 1. The second-order valence-corrected chi connectivity index (χ2v) is 4.88. The molecule has 1 atom stereocenters. The first-order valence-corrected chi connectivity index (χ1v) is 5.84. The van der Waals surface area contributed by atoms with E-state index in [1.54, 1.807) is 18.2 Å². The van der Waals surface area contributed by atoms with Gasteiger partial charge in [-0.05, 0) is 32.0 Å². The van der Waals surface area contributed by atoms with Crippen LogP contribution in [0.25, 0.3) is 0 Å². The van der Waals surface area contributed by atoms with E-state index in [1.165, 1.54) is 0 Å². The molecule has 17 heavy (non-hydrogen) atoms. The summed E-state index contributed by atoms with van der Waals surface area (Å²) in [5, 5.41) is 0.594. The molecule has 0 unspecified atom stereocenters. The molecule has 1 aliphatic rings. The average Bonchev–Trinajstić information content (AvgIpc) is 2.57. The maximum absolute atomic E-state index is 5.80. The van der Waals surface area contributed by atoms with Crippen LogP contribution < -0.4 is 10.5 Å². The van der Waals surface area contributed by atoms with Crippen molar-refractivity contribution in [1.82, 2.24) is 0 Å². The van der Waals surface area contributed by atoms with Crippen LogP contribution in [-0.4, -0.2) is 25.1 Å². The second-order valence-electron chi connectivity index (χ2n) is 4.44. The molecular weight excluding hydrogens is 242 g/mol. The smallest absolute Gasteiger partial charge is 0.163 e. The molecule has 2 rings (SSSR count). The lowest BCUT2D eigenvalue weighted by atomic mass is 10.3. The summed E-state index contributed by atoms with van der Waals surface area (Å²) in [5.41, 5.74) is 6.30. The Kier molecular flexibility index (Phi) is 3.47. The third-order valence-electron chi connectivity index (χ3n) is 2.46. The highest BCUT2D eigenvalue weighted by molar-refractivity contribution is 6.30. The van der Waals surface area contributed by atoms with Crippen LogP contribution in [0.4, 0.5) is 5.69 Å². The van der Waals surface area contributed by atoms with Crippen LogP contribution in [0.1, 0.15) is 13.8 Å². The largest absolute Gasteiger partial charge is 0.489 e. The summed E-state index contributed by atoms with van der Waals surface area (Å²) < 4.78 is 16.6. The van der Waals surface area contributed by atoms with Crippen molar-refractivity contribution in [3.63, 3.8) is 0 Å². The fourth-order valence-electron chi connectivity index (χ4n) is 1.68. The zero-order chi connectivity index (χ0) is 12.5. The fraction of sp³-hybridized carbons (Fsp3) is 0.500. The van der Waals surface area contributed by atoms with Crippen LogP contribution in [0.15, 0.2) is 18.2 Å². The molecule has 0 aromatic heterocycles. The Morgan fingerprint density at radius 3 is 2.88 bits per heavy atom. The Labute approximate surface area is 106 Å². The molecule has 1 aromatic carbocycles. The minimum Gasteiger partial charge on any atom is -0.489 e. The van der Waals surface area contributed by atoms with E-state index in [0.29, 0.717) is 29.7 Å². The molecule has 1 aliphatic heterocycles. The molecule has 2 N–H and O–H groups in total. The lowest BCUT2D eigenvalue weighted by Gasteiger charge is -2.17. The number of rotatable bonds is 3. The average molecular weight is 258 g/mol. The van der Waals surface area contributed by atoms with Crippen molar-refractivity contribution >= 4 is 17.3 Å². The summed E-state index contributed by atoms with van der Waals surface area (Å²) in [6.45, 7) is 4.70. The van der Waals surface area contributed by atoms with E-state index in [9.17, 15) is 0 Å². The third-order valence-corrected chi connectivity index (χ3v) is 2.70. The van der Waals surface area contributed by atoms with E-state index in [0.717, 1.165) is 0 Å². The normalized spacial score (nSPS) is 22.6. The summed E-state index contributed by atoms with van der Waals surface area (Å²) in [7, 11) is 0. The van der Waals surface area contributed by atoms with Gasteiger partial charge in [0.2, 0.25) is 0 Å². The van der Waals surface area contributed by atoms with Crippen molar-refractivity contribution in [2.24, 2.45) is 0 Å². The van der Waals surface area contributed by atoms with Gasteiger partial charge in [0, 0.05) is 5.02 Å². The maximum Gasteiger partial charge on any atom is 0.163 e. The summed E-state index contributed by atoms with van der Waals surface area (Å²) in [4.78, 5) is 0. The van der Waals surface area contributed by atoms with Gasteiger partial charge < -0.3 is 19.9 Å². The van der Waals surface area contributed by atoms with Gasteiger partial charge in [-0.15, -0.1) is 0 Å². The maximum atomic E-state index is 5.80. The van der Waals surface area contributed by atoms with Gasteiger partial charge in [0.15, 0.2) is 5.79 Å². The van der Waals surface area contributed by atoms with Crippen LogP contribution in [-0.2, 0) is 9.47 Å². The number of hydrogen-bond acceptors (Lipinski definition) is 4. The Bertz CT molecular complexity index is 409. The predicted molar refractivity (Wildman–Crippen MR) is 66.3 cm³/mol. The summed E-state index contributed by atoms with van der Waals surface area (Å²) in [5.74, 6) is 0.0854. The van der Waals surface area contributed by atoms with E-state index in [1.807, 2.05) is 13.8 Å².